The highest BCUT2D eigenvalue weighted by molar-refractivity contribution is 7.09. The Bertz CT molecular complexity index is 608. The van der Waals surface area contributed by atoms with E-state index in [4.69, 9.17) is 9.72 Å². The highest BCUT2D eigenvalue weighted by Crippen LogP contribution is 2.35. The smallest absolute Gasteiger partial charge is 0.137 e. The van der Waals surface area contributed by atoms with Gasteiger partial charge in [0.15, 0.2) is 0 Å². The van der Waals surface area contributed by atoms with E-state index < -0.39 is 0 Å². The quantitative estimate of drug-likeness (QED) is 0.840. The standard InChI is InChI=1S/C16H23N5OS/c1-2-4-13(3-1)16-19-14(10-23-16)7-20-5-6-22-15(8-20)9-21-12-17-11-18-21/h10-13,15H,1-9H2/t15-/m1/s1. The third-order valence-electron chi connectivity index (χ3n) is 4.74. The van der Waals surface area contributed by atoms with Gasteiger partial charge in [-0.2, -0.15) is 5.10 Å². The lowest BCUT2D eigenvalue weighted by atomic mass is 10.1. The van der Waals surface area contributed by atoms with Crippen molar-refractivity contribution in [3.05, 3.63) is 28.7 Å². The molecule has 124 valence electrons. The minimum atomic E-state index is 0.179. The molecule has 1 atom stereocenters. The maximum atomic E-state index is 5.86. The Balaban J connectivity index is 1.33. The summed E-state index contributed by atoms with van der Waals surface area (Å²) in [5, 5.41) is 7.76. The maximum absolute atomic E-state index is 5.86. The Labute approximate surface area is 140 Å². The molecule has 0 amide bonds. The maximum Gasteiger partial charge on any atom is 0.137 e. The summed E-state index contributed by atoms with van der Waals surface area (Å²) in [7, 11) is 0. The number of thiazole rings is 1. The van der Waals surface area contributed by atoms with E-state index >= 15 is 0 Å². The average Bonchev–Trinajstić information content (AvgIpc) is 3.30. The zero-order chi connectivity index (χ0) is 15.5. The SMILES string of the molecule is c1ncn(C[C@H]2CN(Cc3csc(C4CCCC4)n3)CCO2)n1. The molecule has 4 rings (SSSR count). The van der Waals surface area contributed by atoms with Crippen LogP contribution in [-0.4, -0.2) is 50.4 Å². The number of rotatable bonds is 5. The predicted octanol–water partition coefficient (Wildman–Crippen LogP) is 2.29. The number of aromatic nitrogens is 4. The zero-order valence-corrected chi connectivity index (χ0v) is 14.1. The molecule has 7 heteroatoms. The van der Waals surface area contributed by atoms with Gasteiger partial charge in [0.05, 0.1) is 30.0 Å². The lowest BCUT2D eigenvalue weighted by Crippen LogP contribution is -2.43. The van der Waals surface area contributed by atoms with Gasteiger partial charge in [-0.05, 0) is 12.8 Å². The van der Waals surface area contributed by atoms with Crippen LogP contribution in [0.3, 0.4) is 0 Å². The topological polar surface area (TPSA) is 56.1 Å². The fourth-order valence-electron chi connectivity index (χ4n) is 3.55. The number of hydrogen-bond acceptors (Lipinski definition) is 6. The summed E-state index contributed by atoms with van der Waals surface area (Å²) < 4.78 is 7.70. The second kappa shape index (κ2) is 7.07. The average molecular weight is 333 g/mol. The van der Waals surface area contributed by atoms with Crippen LogP contribution in [-0.2, 0) is 17.8 Å². The Morgan fingerprint density at radius 2 is 2.22 bits per heavy atom. The first-order chi connectivity index (χ1) is 11.4. The second-order valence-electron chi connectivity index (χ2n) is 6.50. The summed E-state index contributed by atoms with van der Waals surface area (Å²) in [6.07, 6.45) is 8.88. The van der Waals surface area contributed by atoms with Gasteiger partial charge in [-0.1, -0.05) is 12.8 Å². The Morgan fingerprint density at radius 1 is 1.30 bits per heavy atom. The van der Waals surface area contributed by atoms with E-state index in [9.17, 15) is 0 Å². The van der Waals surface area contributed by atoms with Crippen LogP contribution in [0.1, 0.15) is 42.3 Å². The molecule has 0 aromatic carbocycles. The summed E-state index contributed by atoms with van der Waals surface area (Å²) >= 11 is 1.85. The lowest BCUT2D eigenvalue weighted by Gasteiger charge is -2.32. The molecule has 1 saturated heterocycles. The van der Waals surface area contributed by atoms with E-state index in [2.05, 4.69) is 20.4 Å². The summed E-state index contributed by atoms with van der Waals surface area (Å²) in [4.78, 5) is 11.3. The van der Waals surface area contributed by atoms with Crippen LogP contribution in [0, 0.1) is 0 Å². The van der Waals surface area contributed by atoms with E-state index in [1.54, 1.807) is 12.7 Å². The molecule has 23 heavy (non-hydrogen) atoms. The molecule has 0 radical (unpaired) electrons. The molecule has 3 heterocycles. The monoisotopic (exact) mass is 333 g/mol. The summed E-state index contributed by atoms with van der Waals surface area (Å²) in [6, 6.07) is 0. The molecule has 1 aliphatic heterocycles. The number of hydrogen-bond donors (Lipinski definition) is 0. The van der Waals surface area contributed by atoms with Gasteiger partial charge in [0.2, 0.25) is 0 Å². The van der Waals surface area contributed by atoms with Crippen molar-refractivity contribution in [1.82, 2.24) is 24.6 Å². The van der Waals surface area contributed by atoms with Gasteiger partial charge in [-0.3, -0.25) is 9.58 Å². The summed E-state index contributed by atoms with van der Waals surface area (Å²) in [6.45, 7) is 4.38. The van der Waals surface area contributed by atoms with Gasteiger partial charge >= 0.3 is 0 Å². The molecule has 1 aliphatic carbocycles. The van der Waals surface area contributed by atoms with Crippen LogP contribution in [0.2, 0.25) is 0 Å². The first kappa shape index (κ1) is 15.2. The molecule has 0 N–H and O–H groups in total. The molecule has 6 nitrogen and oxygen atoms in total. The van der Waals surface area contributed by atoms with Crippen LogP contribution < -0.4 is 0 Å². The molecule has 0 spiro atoms. The molecule has 0 unspecified atom stereocenters. The summed E-state index contributed by atoms with van der Waals surface area (Å²) in [5.74, 6) is 0.721. The van der Waals surface area contributed by atoms with E-state index in [1.165, 1.54) is 36.4 Å². The van der Waals surface area contributed by atoms with Crippen molar-refractivity contribution >= 4 is 11.3 Å². The van der Waals surface area contributed by atoms with Crippen molar-refractivity contribution in [2.45, 2.75) is 50.8 Å². The third-order valence-corrected chi connectivity index (χ3v) is 5.80. The lowest BCUT2D eigenvalue weighted by molar-refractivity contribution is -0.0405. The minimum Gasteiger partial charge on any atom is -0.374 e. The first-order valence-corrected chi connectivity index (χ1v) is 9.35. The third kappa shape index (κ3) is 3.79. The normalized spacial score (nSPS) is 23.6. The Kier molecular flexibility index (Phi) is 4.68. The van der Waals surface area contributed by atoms with Gasteiger partial charge in [0, 0.05) is 30.9 Å². The molecule has 1 saturated carbocycles. The largest absolute Gasteiger partial charge is 0.374 e. The molecule has 0 bridgehead atoms. The minimum absolute atomic E-state index is 0.179. The molecule has 2 aromatic rings. The van der Waals surface area contributed by atoms with Crippen molar-refractivity contribution in [2.75, 3.05) is 19.7 Å². The fraction of sp³-hybridized carbons (Fsp3) is 0.688. The fourth-order valence-corrected chi connectivity index (χ4v) is 4.54. The molecular formula is C16H23N5OS. The van der Waals surface area contributed by atoms with Crippen LogP contribution in [0.5, 0.6) is 0 Å². The number of ether oxygens (including phenoxy) is 1. The van der Waals surface area contributed by atoms with Crippen molar-refractivity contribution in [2.24, 2.45) is 0 Å². The van der Waals surface area contributed by atoms with E-state index in [0.717, 1.165) is 38.7 Å². The van der Waals surface area contributed by atoms with Gasteiger partial charge in [0.1, 0.15) is 12.7 Å². The first-order valence-electron chi connectivity index (χ1n) is 8.47. The second-order valence-corrected chi connectivity index (χ2v) is 7.39. The van der Waals surface area contributed by atoms with Crippen LogP contribution >= 0.6 is 11.3 Å². The van der Waals surface area contributed by atoms with Crippen molar-refractivity contribution in [1.29, 1.82) is 0 Å². The van der Waals surface area contributed by atoms with E-state index in [0.29, 0.717) is 0 Å². The molecular weight excluding hydrogens is 310 g/mol. The Hall–Kier alpha value is -1.31. The van der Waals surface area contributed by atoms with Crippen molar-refractivity contribution in [3.8, 4) is 0 Å². The molecule has 2 fully saturated rings. The van der Waals surface area contributed by atoms with Gasteiger partial charge in [-0.15, -0.1) is 11.3 Å². The van der Waals surface area contributed by atoms with Crippen molar-refractivity contribution in [3.63, 3.8) is 0 Å². The highest BCUT2D eigenvalue weighted by Gasteiger charge is 2.23. The van der Waals surface area contributed by atoms with Gasteiger partial charge in [0.25, 0.3) is 0 Å². The van der Waals surface area contributed by atoms with E-state index in [1.807, 2.05) is 16.0 Å². The van der Waals surface area contributed by atoms with Gasteiger partial charge < -0.3 is 4.74 Å². The summed E-state index contributed by atoms with van der Waals surface area (Å²) in [5.41, 5.74) is 1.22. The zero-order valence-electron chi connectivity index (χ0n) is 13.3. The Morgan fingerprint density at radius 3 is 3.04 bits per heavy atom. The predicted molar refractivity (Wildman–Crippen MR) is 88.4 cm³/mol. The number of morpholine rings is 1. The highest BCUT2D eigenvalue weighted by atomic mass is 32.1. The van der Waals surface area contributed by atoms with Crippen LogP contribution in [0.4, 0.5) is 0 Å². The number of nitrogens with zero attached hydrogens (tertiary/aromatic N) is 5. The molecule has 2 aliphatic rings. The van der Waals surface area contributed by atoms with Gasteiger partial charge in [-0.25, -0.2) is 9.97 Å². The van der Waals surface area contributed by atoms with Crippen LogP contribution in [0.25, 0.3) is 0 Å². The molecule has 2 aromatic heterocycles. The van der Waals surface area contributed by atoms with E-state index in [-0.39, 0.29) is 6.10 Å². The van der Waals surface area contributed by atoms with Crippen LogP contribution in [0.15, 0.2) is 18.0 Å². The van der Waals surface area contributed by atoms with Crippen molar-refractivity contribution < 1.29 is 4.74 Å².